The first-order valence-electron chi connectivity index (χ1n) is 10.7. The number of para-hydroxylation sites is 1. The van der Waals surface area contributed by atoms with E-state index in [9.17, 15) is 4.79 Å². The van der Waals surface area contributed by atoms with Crippen LogP contribution in [0, 0.1) is 20.8 Å². The number of fused-ring (bicyclic) bond motifs is 3. The molecule has 4 aromatic rings. The number of thioether (sulfide) groups is 1. The molecule has 0 aliphatic rings. The van der Waals surface area contributed by atoms with E-state index in [1.54, 1.807) is 0 Å². The van der Waals surface area contributed by atoms with Gasteiger partial charge in [0.15, 0.2) is 10.8 Å². The molecule has 0 atom stereocenters. The van der Waals surface area contributed by atoms with Crippen molar-refractivity contribution in [3.05, 3.63) is 64.2 Å². The largest absolute Gasteiger partial charge is 0.325 e. The van der Waals surface area contributed by atoms with Crippen LogP contribution in [0.5, 0.6) is 0 Å². The summed E-state index contributed by atoms with van der Waals surface area (Å²) in [5.74, 6) is 0.253. The fourth-order valence-electron chi connectivity index (χ4n) is 4.22. The molecule has 160 valence electrons. The Balaban J connectivity index is 1.63. The maximum atomic E-state index is 12.8. The van der Waals surface area contributed by atoms with Crippen molar-refractivity contribution >= 4 is 39.9 Å². The van der Waals surface area contributed by atoms with Crippen molar-refractivity contribution in [1.82, 2.24) is 14.6 Å². The Kier molecular flexibility index (Phi) is 6.01. The number of carbonyl (C=O) groups excluding carboxylic acids is 1. The molecule has 2 aromatic heterocycles. The fraction of sp³-hybridized carbons (Fsp3) is 0.320. The smallest absolute Gasteiger partial charge is 0.234 e. The summed E-state index contributed by atoms with van der Waals surface area (Å²) in [7, 11) is 0. The summed E-state index contributed by atoms with van der Waals surface area (Å²) in [4.78, 5) is 12.8. The molecule has 0 bridgehead atoms. The first-order chi connectivity index (χ1) is 14.9. The SMILES string of the molecule is CCc1cccc(CC)c1NC(=O)CSc1nnc2cc(C)c3cc(C)cc(C)c3n12. The van der Waals surface area contributed by atoms with Crippen LogP contribution in [0.1, 0.15) is 41.7 Å². The maximum Gasteiger partial charge on any atom is 0.234 e. The van der Waals surface area contributed by atoms with Gasteiger partial charge in [-0.1, -0.05) is 55.4 Å². The lowest BCUT2D eigenvalue weighted by Gasteiger charge is -2.14. The molecule has 2 heterocycles. The van der Waals surface area contributed by atoms with Gasteiger partial charge in [-0.2, -0.15) is 0 Å². The first-order valence-corrected chi connectivity index (χ1v) is 11.7. The number of hydrogen-bond donors (Lipinski definition) is 1. The lowest BCUT2D eigenvalue weighted by molar-refractivity contribution is -0.113. The van der Waals surface area contributed by atoms with E-state index >= 15 is 0 Å². The number of anilines is 1. The summed E-state index contributed by atoms with van der Waals surface area (Å²) in [5, 5.41) is 13.8. The normalized spacial score (nSPS) is 11.4. The van der Waals surface area contributed by atoms with Crippen LogP contribution < -0.4 is 5.32 Å². The van der Waals surface area contributed by atoms with Gasteiger partial charge in [-0.15, -0.1) is 10.2 Å². The predicted molar refractivity (Wildman–Crippen MR) is 129 cm³/mol. The molecule has 0 unspecified atom stereocenters. The van der Waals surface area contributed by atoms with E-state index in [4.69, 9.17) is 0 Å². The van der Waals surface area contributed by atoms with Crippen molar-refractivity contribution < 1.29 is 4.79 Å². The molecular weight excluding hydrogens is 404 g/mol. The van der Waals surface area contributed by atoms with E-state index in [1.807, 2.05) is 0 Å². The van der Waals surface area contributed by atoms with Crippen molar-refractivity contribution in [2.24, 2.45) is 0 Å². The monoisotopic (exact) mass is 432 g/mol. The molecule has 4 rings (SSSR count). The van der Waals surface area contributed by atoms with Crippen LogP contribution in [0.3, 0.4) is 0 Å². The van der Waals surface area contributed by atoms with Crippen LogP contribution in [-0.4, -0.2) is 26.3 Å². The Morgan fingerprint density at radius 1 is 1.00 bits per heavy atom. The molecule has 31 heavy (non-hydrogen) atoms. The van der Waals surface area contributed by atoms with Gasteiger partial charge in [-0.25, -0.2) is 0 Å². The van der Waals surface area contributed by atoms with Crippen LogP contribution in [-0.2, 0) is 17.6 Å². The van der Waals surface area contributed by atoms with Crippen molar-refractivity contribution in [1.29, 1.82) is 0 Å². The molecule has 0 aliphatic heterocycles. The number of aromatic nitrogens is 3. The Morgan fingerprint density at radius 3 is 2.39 bits per heavy atom. The lowest BCUT2D eigenvalue weighted by atomic mass is 10.0. The molecule has 1 amide bonds. The van der Waals surface area contributed by atoms with Gasteiger partial charge in [0.25, 0.3) is 0 Å². The van der Waals surface area contributed by atoms with Crippen LogP contribution in [0.2, 0.25) is 0 Å². The minimum Gasteiger partial charge on any atom is -0.325 e. The molecule has 0 spiro atoms. The highest BCUT2D eigenvalue weighted by atomic mass is 32.2. The van der Waals surface area contributed by atoms with Crippen LogP contribution >= 0.6 is 11.8 Å². The standard InChI is InChI=1S/C25H28N4OS/c1-6-18-9-8-10-19(7-2)23(18)26-22(30)14-31-25-28-27-21-13-16(4)20-12-15(3)11-17(5)24(20)29(21)25/h8-13H,6-7,14H2,1-5H3,(H,26,30). The van der Waals surface area contributed by atoms with Crippen LogP contribution in [0.25, 0.3) is 16.6 Å². The van der Waals surface area contributed by atoms with Gasteiger partial charge in [0.2, 0.25) is 5.91 Å². The maximum absolute atomic E-state index is 12.8. The summed E-state index contributed by atoms with van der Waals surface area (Å²) in [5.41, 5.74) is 8.80. The second-order valence-corrected chi connectivity index (χ2v) is 8.92. The minimum atomic E-state index is -0.0265. The van der Waals surface area contributed by atoms with Gasteiger partial charge in [-0.05, 0) is 68.0 Å². The molecule has 6 heteroatoms. The summed E-state index contributed by atoms with van der Waals surface area (Å²) >= 11 is 1.42. The molecule has 5 nitrogen and oxygen atoms in total. The van der Waals surface area contributed by atoms with Gasteiger partial charge in [0, 0.05) is 11.1 Å². The summed E-state index contributed by atoms with van der Waals surface area (Å²) in [6, 6.07) is 12.6. The van der Waals surface area contributed by atoms with Gasteiger partial charge >= 0.3 is 0 Å². The number of aryl methyl sites for hydroxylation is 5. The Bertz CT molecular complexity index is 1270. The van der Waals surface area contributed by atoms with Crippen molar-refractivity contribution in [3.8, 4) is 0 Å². The zero-order chi connectivity index (χ0) is 22.1. The quantitative estimate of drug-likeness (QED) is 0.399. The third kappa shape index (κ3) is 4.04. The number of pyridine rings is 1. The van der Waals surface area contributed by atoms with Crippen molar-refractivity contribution in [3.63, 3.8) is 0 Å². The minimum absolute atomic E-state index is 0.0265. The second-order valence-electron chi connectivity index (χ2n) is 7.98. The van der Waals surface area contributed by atoms with Gasteiger partial charge in [-0.3, -0.25) is 9.20 Å². The fourth-order valence-corrected chi connectivity index (χ4v) is 4.96. The summed E-state index contributed by atoms with van der Waals surface area (Å²) in [6.45, 7) is 10.5. The van der Waals surface area contributed by atoms with Crippen molar-refractivity contribution in [2.75, 3.05) is 11.1 Å². The van der Waals surface area contributed by atoms with Crippen LogP contribution in [0.15, 0.2) is 41.6 Å². The Labute approximate surface area is 187 Å². The molecule has 0 radical (unpaired) electrons. The topological polar surface area (TPSA) is 59.3 Å². The third-order valence-electron chi connectivity index (χ3n) is 5.69. The lowest BCUT2D eigenvalue weighted by Crippen LogP contribution is -2.17. The molecule has 1 N–H and O–H groups in total. The zero-order valence-corrected chi connectivity index (χ0v) is 19.6. The molecule has 0 fully saturated rings. The number of nitrogens with zero attached hydrogens (tertiary/aromatic N) is 3. The molecular formula is C25H28N4OS. The molecule has 2 aromatic carbocycles. The number of rotatable bonds is 6. The second kappa shape index (κ2) is 8.71. The number of carbonyl (C=O) groups is 1. The van der Waals surface area contributed by atoms with Crippen molar-refractivity contribution in [2.45, 2.75) is 52.6 Å². The predicted octanol–water partition coefficient (Wildman–Crippen LogP) is 5.66. The average molecular weight is 433 g/mol. The average Bonchev–Trinajstić information content (AvgIpc) is 3.14. The molecule has 0 saturated carbocycles. The van der Waals surface area contributed by atoms with Gasteiger partial charge in [0.1, 0.15) is 0 Å². The highest BCUT2D eigenvalue weighted by Gasteiger charge is 2.16. The number of nitrogens with one attached hydrogen (secondary N) is 1. The van der Waals surface area contributed by atoms with E-state index in [-0.39, 0.29) is 11.7 Å². The Hall–Kier alpha value is -2.86. The van der Waals surface area contributed by atoms with Crippen LogP contribution in [0.4, 0.5) is 5.69 Å². The summed E-state index contributed by atoms with van der Waals surface area (Å²) in [6.07, 6.45) is 1.77. The number of amides is 1. The van der Waals surface area contributed by atoms with E-state index in [0.717, 1.165) is 46.0 Å². The highest BCUT2D eigenvalue weighted by molar-refractivity contribution is 7.99. The third-order valence-corrected chi connectivity index (χ3v) is 6.62. The zero-order valence-electron chi connectivity index (χ0n) is 18.7. The van der Waals surface area contributed by atoms with Gasteiger partial charge in [0.05, 0.1) is 11.3 Å². The summed E-state index contributed by atoms with van der Waals surface area (Å²) < 4.78 is 2.08. The van der Waals surface area contributed by atoms with Gasteiger partial charge < -0.3 is 5.32 Å². The Morgan fingerprint density at radius 2 is 1.71 bits per heavy atom. The highest BCUT2D eigenvalue weighted by Crippen LogP contribution is 2.29. The molecule has 0 saturated heterocycles. The first kappa shape index (κ1) is 21.4. The van der Waals surface area contributed by atoms with E-state index in [2.05, 4.69) is 90.9 Å². The molecule has 0 aliphatic carbocycles. The number of benzene rings is 2. The van der Waals surface area contributed by atoms with E-state index in [1.165, 1.54) is 33.8 Å². The number of hydrogen-bond acceptors (Lipinski definition) is 4. The van der Waals surface area contributed by atoms with E-state index in [0.29, 0.717) is 0 Å². The van der Waals surface area contributed by atoms with E-state index < -0.39 is 0 Å².